The Hall–Kier alpha value is -1.75. The minimum absolute atomic E-state index is 0.0246. The van der Waals surface area contributed by atoms with E-state index in [2.05, 4.69) is 5.32 Å². The average Bonchev–Trinajstić information content (AvgIpc) is 3.09. The van der Waals surface area contributed by atoms with E-state index in [0.717, 1.165) is 37.3 Å². The smallest absolute Gasteiger partial charge is 0.321 e. The van der Waals surface area contributed by atoms with Gasteiger partial charge >= 0.3 is 6.03 Å². The van der Waals surface area contributed by atoms with Gasteiger partial charge in [-0.05, 0) is 37.1 Å². The van der Waals surface area contributed by atoms with Crippen LogP contribution < -0.4 is 10.1 Å². The van der Waals surface area contributed by atoms with Gasteiger partial charge in [0.2, 0.25) is 0 Å². The van der Waals surface area contributed by atoms with Crippen molar-refractivity contribution in [3.05, 3.63) is 24.3 Å². The molecule has 0 radical (unpaired) electrons. The molecule has 1 aromatic rings. The van der Waals surface area contributed by atoms with Gasteiger partial charge in [0.1, 0.15) is 11.9 Å². The number of carbonyl (C=O) groups excluding carboxylic acids is 1. The number of amides is 2. The van der Waals surface area contributed by atoms with E-state index in [9.17, 15) is 4.79 Å². The van der Waals surface area contributed by atoms with Crippen molar-refractivity contribution in [2.45, 2.75) is 63.5 Å². The van der Waals surface area contributed by atoms with Gasteiger partial charge in [0, 0.05) is 25.2 Å². The van der Waals surface area contributed by atoms with Crippen LogP contribution in [0.3, 0.4) is 0 Å². The molecular weight excluding hydrogens is 316 g/mol. The van der Waals surface area contributed by atoms with Gasteiger partial charge in [-0.25, -0.2) is 4.79 Å². The zero-order valence-corrected chi connectivity index (χ0v) is 15.2. The molecule has 2 fully saturated rings. The van der Waals surface area contributed by atoms with Crippen LogP contribution in [-0.2, 0) is 4.74 Å². The molecule has 1 atom stereocenters. The molecule has 0 spiro atoms. The minimum Gasteiger partial charge on any atom is -0.488 e. The molecule has 5 nitrogen and oxygen atoms in total. The Bertz CT molecular complexity index is 532. The van der Waals surface area contributed by atoms with Crippen molar-refractivity contribution < 1.29 is 14.3 Å². The van der Waals surface area contributed by atoms with Gasteiger partial charge in [-0.3, -0.25) is 0 Å². The molecule has 2 amide bonds. The second-order valence-corrected chi connectivity index (χ2v) is 7.17. The number of nitrogens with one attached hydrogen (secondary N) is 1. The zero-order chi connectivity index (χ0) is 17.5. The van der Waals surface area contributed by atoms with Crippen LogP contribution in [0.25, 0.3) is 0 Å². The van der Waals surface area contributed by atoms with Gasteiger partial charge in [-0.2, -0.15) is 0 Å². The zero-order valence-electron chi connectivity index (χ0n) is 15.2. The Morgan fingerprint density at radius 2 is 1.76 bits per heavy atom. The van der Waals surface area contributed by atoms with Crippen molar-refractivity contribution >= 4 is 11.7 Å². The Balaban J connectivity index is 1.50. The van der Waals surface area contributed by atoms with E-state index in [1.54, 1.807) is 0 Å². The third-order valence-electron chi connectivity index (χ3n) is 5.24. The van der Waals surface area contributed by atoms with E-state index in [4.69, 9.17) is 9.47 Å². The lowest BCUT2D eigenvalue weighted by atomic mass is 9.96. The molecule has 1 N–H and O–H groups in total. The number of hydrogen-bond donors (Lipinski definition) is 1. The molecule has 1 saturated heterocycles. The Morgan fingerprint density at radius 1 is 1.08 bits per heavy atom. The van der Waals surface area contributed by atoms with Gasteiger partial charge in [-0.15, -0.1) is 0 Å². The number of hydrogen-bond acceptors (Lipinski definition) is 3. The highest BCUT2D eigenvalue weighted by atomic mass is 16.5. The highest BCUT2D eigenvalue weighted by Gasteiger charge is 2.21. The Kier molecular flexibility index (Phi) is 6.56. The van der Waals surface area contributed by atoms with Crippen molar-refractivity contribution in [3.8, 4) is 5.75 Å². The Labute approximate surface area is 150 Å². The maximum atomic E-state index is 12.5. The van der Waals surface area contributed by atoms with Crippen LogP contribution in [0.2, 0.25) is 0 Å². The molecule has 1 heterocycles. The summed E-state index contributed by atoms with van der Waals surface area (Å²) in [6.45, 7) is 1.43. The number of benzene rings is 1. The first-order valence-electron chi connectivity index (χ1n) is 9.60. The van der Waals surface area contributed by atoms with Gasteiger partial charge in [-0.1, -0.05) is 32.1 Å². The number of anilines is 1. The highest BCUT2D eigenvalue weighted by molar-refractivity contribution is 5.89. The molecule has 1 aromatic carbocycles. The Morgan fingerprint density at radius 3 is 2.40 bits per heavy atom. The third kappa shape index (κ3) is 5.36. The number of ether oxygens (including phenoxy) is 2. The first-order valence-corrected chi connectivity index (χ1v) is 9.60. The van der Waals surface area contributed by atoms with Crippen LogP contribution in [-0.4, -0.2) is 43.3 Å². The molecule has 1 aliphatic carbocycles. The van der Waals surface area contributed by atoms with Crippen LogP contribution >= 0.6 is 0 Å². The maximum Gasteiger partial charge on any atom is 0.321 e. The monoisotopic (exact) mass is 346 g/mol. The molecule has 2 aliphatic rings. The topological polar surface area (TPSA) is 50.8 Å². The minimum atomic E-state index is -0.0246. The predicted molar refractivity (Wildman–Crippen MR) is 99.2 cm³/mol. The van der Waals surface area contributed by atoms with Crippen LogP contribution in [0.4, 0.5) is 10.5 Å². The van der Waals surface area contributed by atoms with E-state index < -0.39 is 0 Å². The lowest BCUT2D eigenvalue weighted by molar-refractivity contribution is 0.141. The molecule has 138 valence electrons. The van der Waals surface area contributed by atoms with Gasteiger partial charge in [0.05, 0.1) is 13.2 Å². The van der Waals surface area contributed by atoms with Crippen molar-refractivity contribution in [2.24, 2.45) is 0 Å². The standard InChI is InChI=1S/C20H30N2O3/c1-22(17-7-5-3-2-4-6-8-17)20(23)21-16-9-11-18(12-10-16)25-19-13-14-24-15-19/h9-12,17,19H,2-8,13-15H2,1H3,(H,21,23)/t19-/m1/s1. The maximum absolute atomic E-state index is 12.5. The molecule has 3 rings (SSSR count). The van der Waals surface area contributed by atoms with Crippen LogP contribution in [0.15, 0.2) is 24.3 Å². The quantitative estimate of drug-likeness (QED) is 0.877. The molecule has 1 aliphatic heterocycles. The predicted octanol–water partition coefficient (Wildman–Crippen LogP) is 4.43. The van der Waals surface area contributed by atoms with E-state index in [1.807, 2.05) is 36.2 Å². The number of urea groups is 1. The van der Waals surface area contributed by atoms with Crippen LogP contribution in [0, 0.1) is 0 Å². The second-order valence-electron chi connectivity index (χ2n) is 7.17. The molecule has 0 bridgehead atoms. The summed E-state index contributed by atoms with van der Waals surface area (Å²) in [5.41, 5.74) is 0.803. The van der Waals surface area contributed by atoms with E-state index in [0.29, 0.717) is 12.6 Å². The molecule has 5 heteroatoms. The molecule has 0 unspecified atom stereocenters. The fourth-order valence-electron chi connectivity index (χ4n) is 3.61. The number of nitrogens with zero attached hydrogens (tertiary/aromatic N) is 1. The highest BCUT2D eigenvalue weighted by Crippen LogP contribution is 2.23. The van der Waals surface area contributed by atoms with Crippen LogP contribution in [0.1, 0.15) is 51.4 Å². The average molecular weight is 346 g/mol. The molecule has 0 aromatic heterocycles. The van der Waals surface area contributed by atoms with Gasteiger partial charge in [0.25, 0.3) is 0 Å². The normalized spacial score (nSPS) is 22.0. The largest absolute Gasteiger partial charge is 0.488 e. The van der Waals surface area contributed by atoms with E-state index >= 15 is 0 Å². The summed E-state index contributed by atoms with van der Waals surface area (Å²) in [5, 5.41) is 3.00. The van der Waals surface area contributed by atoms with Gasteiger partial charge in [0.15, 0.2) is 0 Å². The number of rotatable bonds is 4. The SMILES string of the molecule is CN(C(=O)Nc1ccc(O[C@@H]2CCOC2)cc1)C1CCCCCCC1. The summed E-state index contributed by atoms with van der Waals surface area (Å²) in [6.07, 6.45) is 9.66. The lowest BCUT2D eigenvalue weighted by Crippen LogP contribution is -2.40. The molecule has 1 saturated carbocycles. The fourth-order valence-corrected chi connectivity index (χ4v) is 3.61. The van der Waals surface area contributed by atoms with E-state index in [-0.39, 0.29) is 12.1 Å². The van der Waals surface area contributed by atoms with Crippen LogP contribution in [0.5, 0.6) is 5.75 Å². The fraction of sp³-hybridized carbons (Fsp3) is 0.650. The van der Waals surface area contributed by atoms with Crippen molar-refractivity contribution in [3.63, 3.8) is 0 Å². The summed E-state index contributed by atoms with van der Waals surface area (Å²) >= 11 is 0. The third-order valence-corrected chi connectivity index (χ3v) is 5.24. The first kappa shape index (κ1) is 18.1. The van der Waals surface area contributed by atoms with Crippen molar-refractivity contribution in [1.82, 2.24) is 4.90 Å². The van der Waals surface area contributed by atoms with Crippen molar-refractivity contribution in [2.75, 3.05) is 25.6 Å². The summed E-state index contributed by atoms with van der Waals surface area (Å²) in [4.78, 5) is 14.4. The summed E-state index contributed by atoms with van der Waals surface area (Å²) in [6, 6.07) is 7.94. The van der Waals surface area contributed by atoms with E-state index in [1.165, 1.54) is 32.1 Å². The first-order chi connectivity index (χ1) is 12.2. The summed E-state index contributed by atoms with van der Waals surface area (Å²) < 4.78 is 11.2. The second kappa shape index (κ2) is 9.09. The molecular formula is C20H30N2O3. The summed E-state index contributed by atoms with van der Waals surface area (Å²) in [7, 11) is 1.92. The van der Waals surface area contributed by atoms with Crippen molar-refractivity contribution in [1.29, 1.82) is 0 Å². The number of carbonyl (C=O) groups is 1. The summed E-state index contributed by atoms with van der Waals surface area (Å²) in [5.74, 6) is 0.821. The lowest BCUT2D eigenvalue weighted by Gasteiger charge is -2.29. The van der Waals surface area contributed by atoms with Gasteiger partial charge < -0.3 is 19.7 Å². The molecule has 25 heavy (non-hydrogen) atoms.